The smallest absolute Gasteiger partial charge is 0.115 e. The monoisotopic (exact) mass is 384 g/mol. The average Bonchev–Trinajstić information content (AvgIpc) is 2.94. The molecule has 0 bridgehead atoms. The van der Waals surface area contributed by atoms with Crippen LogP contribution in [0.5, 0.6) is 5.75 Å². The van der Waals surface area contributed by atoms with Crippen LogP contribution < -0.4 is 0 Å². The molecule has 0 heterocycles. The third-order valence-corrected chi connectivity index (χ3v) is 9.56. The Hall–Kier alpha value is -1.02. The minimum absolute atomic E-state index is 0.113. The van der Waals surface area contributed by atoms with Gasteiger partial charge < -0.3 is 10.2 Å². The maximum Gasteiger partial charge on any atom is 0.115 e. The summed E-state index contributed by atoms with van der Waals surface area (Å²) in [6.45, 7) is 11.9. The van der Waals surface area contributed by atoms with Crippen LogP contribution in [-0.4, -0.2) is 16.3 Å². The maximum absolute atomic E-state index is 10.8. The lowest BCUT2D eigenvalue weighted by Gasteiger charge is -2.53. The van der Waals surface area contributed by atoms with Crippen LogP contribution in [0.15, 0.2) is 18.2 Å². The molecule has 6 atom stereocenters. The van der Waals surface area contributed by atoms with Gasteiger partial charge in [-0.25, -0.2) is 0 Å². The van der Waals surface area contributed by atoms with E-state index in [-0.39, 0.29) is 11.5 Å². The minimum Gasteiger partial charge on any atom is -0.508 e. The lowest BCUT2D eigenvalue weighted by Crippen LogP contribution is -2.47. The Bertz CT molecular complexity index is 721. The van der Waals surface area contributed by atoms with Gasteiger partial charge in [-0.3, -0.25) is 0 Å². The van der Waals surface area contributed by atoms with E-state index in [0.29, 0.717) is 40.8 Å². The van der Waals surface area contributed by atoms with Gasteiger partial charge in [0.1, 0.15) is 5.75 Å². The highest BCUT2D eigenvalue weighted by molar-refractivity contribution is 5.40. The van der Waals surface area contributed by atoms with Crippen molar-refractivity contribution in [3.05, 3.63) is 29.3 Å². The second kappa shape index (κ2) is 7.04. The van der Waals surface area contributed by atoms with Crippen molar-refractivity contribution in [3.63, 3.8) is 0 Å². The summed E-state index contributed by atoms with van der Waals surface area (Å²) in [4.78, 5) is 0. The number of benzene rings is 1. The van der Waals surface area contributed by atoms with E-state index in [0.717, 1.165) is 19.3 Å². The van der Waals surface area contributed by atoms with Crippen LogP contribution in [0.2, 0.25) is 0 Å². The Morgan fingerprint density at radius 3 is 2.64 bits per heavy atom. The summed E-state index contributed by atoms with van der Waals surface area (Å²) in [6.07, 6.45) is 8.02. The van der Waals surface area contributed by atoms with Crippen LogP contribution in [-0.2, 0) is 6.42 Å². The van der Waals surface area contributed by atoms with Gasteiger partial charge in [-0.05, 0) is 109 Å². The Balaban J connectivity index is 1.68. The molecule has 2 nitrogen and oxygen atoms in total. The van der Waals surface area contributed by atoms with Gasteiger partial charge in [-0.1, -0.05) is 40.7 Å². The van der Waals surface area contributed by atoms with Gasteiger partial charge >= 0.3 is 0 Å². The summed E-state index contributed by atoms with van der Waals surface area (Å²) in [7, 11) is 0. The predicted octanol–water partition coefficient (Wildman–Crippen LogP) is 6.30. The molecule has 0 radical (unpaired) electrons. The number of aromatic hydroxyl groups is 1. The number of aliphatic hydroxyl groups excluding tert-OH is 1. The highest BCUT2D eigenvalue weighted by Gasteiger charge is 2.56. The second-order valence-electron chi connectivity index (χ2n) is 11.5. The fraction of sp³-hybridized carbons (Fsp3) is 0.769. The van der Waals surface area contributed by atoms with Crippen LogP contribution in [0, 0.1) is 34.5 Å². The number of hydrogen-bond donors (Lipinski definition) is 2. The van der Waals surface area contributed by atoms with E-state index >= 15 is 0 Å². The number of hydrogen-bond acceptors (Lipinski definition) is 2. The van der Waals surface area contributed by atoms with E-state index in [1.807, 2.05) is 12.1 Å². The van der Waals surface area contributed by atoms with Crippen LogP contribution >= 0.6 is 0 Å². The van der Waals surface area contributed by atoms with Crippen molar-refractivity contribution in [2.24, 2.45) is 34.5 Å². The molecule has 28 heavy (non-hydrogen) atoms. The highest BCUT2D eigenvalue weighted by atomic mass is 16.3. The Morgan fingerprint density at radius 1 is 1.18 bits per heavy atom. The molecular weight excluding hydrogens is 344 g/mol. The van der Waals surface area contributed by atoms with Crippen molar-refractivity contribution in [1.82, 2.24) is 0 Å². The molecule has 0 aromatic heterocycles. The van der Waals surface area contributed by atoms with E-state index in [9.17, 15) is 10.2 Å². The van der Waals surface area contributed by atoms with Crippen molar-refractivity contribution in [2.75, 3.05) is 0 Å². The molecule has 156 valence electrons. The zero-order chi connectivity index (χ0) is 20.3. The first kappa shape index (κ1) is 20.3. The zero-order valence-corrected chi connectivity index (χ0v) is 18.5. The first-order chi connectivity index (χ1) is 13.1. The van der Waals surface area contributed by atoms with Crippen LogP contribution in [0.1, 0.15) is 90.2 Å². The summed E-state index contributed by atoms with van der Waals surface area (Å²) in [5.74, 6) is 3.72. The summed E-state index contributed by atoms with van der Waals surface area (Å²) in [5, 5.41) is 20.9. The van der Waals surface area contributed by atoms with Gasteiger partial charge in [0, 0.05) is 0 Å². The molecule has 0 spiro atoms. The molecule has 0 saturated heterocycles. The Kier molecular flexibility index (Phi) is 5.10. The molecule has 3 aliphatic carbocycles. The molecule has 1 aromatic rings. The minimum atomic E-state index is -0.118. The van der Waals surface area contributed by atoms with E-state index in [4.69, 9.17) is 0 Å². The van der Waals surface area contributed by atoms with Crippen molar-refractivity contribution in [3.8, 4) is 5.75 Å². The fourth-order valence-electron chi connectivity index (χ4n) is 6.88. The zero-order valence-electron chi connectivity index (χ0n) is 18.5. The van der Waals surface area contributed by atoms with Gasteiger partial charge in [0.2, 0.25) is 0 Å². The van der Waals surface area contributed by atoms with E-state index in [1.165, 1.54) is 36.8 Å². The average molecular weight is 385 g/mol. The molecule has 1 aromatic carbocycles. The largest absolute Gasteiger partial charge is 0.508 e. The summed E-state index contributed by atoms with van der Waals surface area (Å²) in [6, 6.07) is 6.11. The second-order valence-corrected chi connectivity index (χ2v) is 11.5. The molecule has 2 heteroatoms. The first-order valence-corrected chi connectivity index (χ1v) is 11.6. The lowest BCUT2D eigenvalue weighted by atomic mass is 9.51. The molecule has 0 aliphatic heterocycles. The molecule has 2 N–H and O–H groups in total. The molecule has 0 amide bonds. The van der Waals surface area contributed by atoms with Crippen LogP contribution in [0.25, 0.3) is 0 Å². The number of fused-ring (bicyclic) bond motifs is 5. The van der Waals surface area contributed by atoms with Crippen molar-refractivity contribution in [2.45, 2.75) is 91.6 Å². The van der Waals surface area contributed by atoms with Gasteiger partial charge in [-0.2, -0.15) is 0 Å². The van der Waals surface area contributed by atoms with E-state index in [1.54, 1.807) is 0 Å². The highest BCUT2D eigenvalue weighted by Crippen LogP contribution is 2.63. The van der Waals surface area contributed by atoms with Crippen molar-refractivity contribution >= 4 is 0 Å². The van der Waals surface area contributed by atoms with Gasteiger partial charge in [0.05, 0.1) is 6.10 Å². The fourth-order valence-corrected chi connectivity index (χ4v) is 6.88. The molecule has 2 saturated carbocycles. The molecule has 4 rings (SSSR count). The Labute approximate surface area is 171 Å². The Morgan fingerprint density at radius 2 is 1.93 bits per heavy atom. The normalized spacial score (nSPS) is 37.5. The first-order valence-electron chi connectivity index (χ1n) is 11.6. The van der Waals surface area contributed by atoms with Crippen LogP contribution in [0.3, 0.4) is 0 Å². The van der Waals surface area contributed by atoms with E-state index in [2.05, 4.69) is 40.7 Å². The number of phenolic OH excluding ortho intramolecular Hbond substituents is 1. The molecule has 2 fully saturated rings. The SMILES string of the molecule is CC(C)C(C)(C)CCC1Cc2cc(O)ccc2C2CCC3(C)C(O)CCC3C12. The summed E-state index contributed by atoms with van der Waals surface area (Å²) >= 11 is 0. The topological polar surface area (TPSA) is 40.5 Å². The molecular formula is C26H40O2. The summed E-state index contributed by atoms with van der Waals surface area (Å²) in [5.41, 5.74) is 3.35. The molecule has 3 aliphatic rings. The number of rotatable bonds is 4. The van der Waals surface area contributed by atoms with Crippen molar-refractivity contribution in [1.29, 1.82) is 0 Å². The third-order valence-electron chi connectivity index (χ3n) is 9.56. The maximum atomic E-state index is 10.8. The molecule has 6 unspecified atom stereocenters. The van der Waals surface area contributed by atoms with Crippen molar-refractivity contribution < 1.29 is 10.2 Å². The van der Waals surface area contributed by atoms with Gasteiger partial charge in [0.25, 0.3) is 0 Å². The van der Waals surface area contributed by atoms with E-state index < -0.39 is 0 Å². The van der Waals surface area contributed by atoms with Crippen LogP contribution in [0.4, 0.5) is 0 Å². The predicted molar refractivity (Wildman–Crippen MR) is 115 cm³/mol. The van der Waals surface area contributed by atoms with Gasteiger partial charge in [0.15, 0.2) is 0 Å². The number of phenols is 1. The third kappa shape index (κ3) is 3.20. The lowest BCUT2D eigenvalue weighted by molar-refractivity contribution is -0.0411. The van der Waals surface area contributed by atoms with Gasteiger partial charge in [-0.15, -0.1) is 0 Å². The summed E-state index contributed by atoms with van der Waals surface area (Å²) < 4.78 is 0. The standard InChI is InChI=1S/C26H40O2/c1-16(2)25(3,4)12-10-17-14-18-15-19(27)6-7-20(18)21-11-13-26(5)22(24(17)21)8-9-23(26)28/h6-7,15-17,21-24,27-28H,8-14H2,1-5H3. The number of aliphatic hydroxyl groups is 1. The quantitative estimate of drug-likeness (QED) is 0.639.